The van der Waals surface area contributed by atoms with Crippen molar-refractivity contribution in [1.29, 1.82) is 0 Å². The molecule has 1 unspecified atom stereocenters. The smallest absolute Gasteiger partial charge is 0.186 e. The molecule has 3 N–H and O–H groups in total. The largest absolute Gasteiger partial charge is 0.387 e. The molecular weight excluding hydrogens is 184 g/mol. The van der Waals surface area contributed by atoms with Crippen LogP contribution in [0.1, 0.15) is 32.1 Å². The van der Waals surface area contributed by atoms with Crippen molar-refractivity contribution in [1.82, 2.24) is 0 Å². The van der Waals surface area contributed by atoms with Gasteiger partial charge in [-0.1, -0.05) is 19.3 Å². The normalized spacial score (nSPS) is 45.6. The molecule has 0 spiro atoms. The van der Waals surface area contributed by atoms with Crippen molar-refractivity contribution < 1.29 is 20.1 Å². The van der Waals surface area contributed by atoms with Crippen LogP contribution in [-0.4, -0.2) is 39.9 Å². The standard InChI is InChI=1S/C10H18O4/c11-8-6-14-9(12)10(8,13)7-4-2-1-3-5-7/h7-9,11-13H,1-6H2/t8-,9?,10-/m1/s1. The Balaban J connectivity index is 2.11. The van der Waals surface area contributed by atoms with E-state index >= 15 is 0 Å². The summed E-state index contributed by atoms with van der Waals surface area (Å²) < 4.78 is 4.89. The van der Waals surface area contributed by atoms with Crippen LogP contribution in [-0.2, 0) is 4.74 Å². The number of aliphatic hydroxyl groups is 3. The molecule has 1 saturated heterocycles. The maximum absolute atomic E-state index is 10.2. The second kappa shape index (κ2) is 3.77. The van der Waals surface area contributed by atoms with E-state index in [-0.39, 0.29) is 12.5 Å². The van der Waals surface area contributed by atoms with Gasteiger partial charge in [0, 0.05) is 0 Å². The maximum Gasteiger partial charge on any atom is 0.186 e. The number of ether oxygens (including phenoxy) is 1. The van der Waals surface area contributed by atoms with Crippen LogP contribution in [0, 0.1) is 5.92 Å². The molecule has 1 heterocycles. The zero-order valence-electron chi connectivity index (χ0n) is 8.22. The Morgan fingerprint density at radius 3 is 2.21 bits per heavy atom. The van der Waals surface area contributed by atoms with Gasteiger partial charge in [-0.3, -0.25) is 0 Å². The molecule has 0 aromatic heterocycles. The maximum atomic E-state index is 10.2. The van der Waals surface area contributed by atoms with Crippen molar-refractivity contribution >= 4 is 0 Å². The molecule has 82 valence electrons. The van der Waals surface area contributed by atoms with Crippen molar-refractivity contribution in [3.05, 3.63) is 0 Å². The summed E-state index contributed by atoms with van der Waals surface area (Å²) in [5.41, 5.74) is -1.43. The zero-order chi connectivity index (χ0) is 10.2. The summed E-state index contributed by atoms with van der Waals surface area (Å²) in [6.07, 6.45) is 2.88. The van der Waals surface area contributed by atoms with E-state index in [4.69, 9.17) is 4.74 Å². The van der Waals surface area contributed by atoms with E-state index in [2.05, 4.69) is 0 Å². The highest BCUT2D eigenvalue weighted by atomic mass is 16.6. The zero-order valence-corrected chi connectivity index (χ0v) is 8.22. The highest BCUT2D eigenvalue weighted by Gasteiger charge is 2.54. The summed E-state index contributed by atoms with van der Waals surface area (Å²) in [5, 5.41) is 29.4. The van der Waals surface area contributed by atoms with Gasteiger partial charge in [0.15, 0.2) is 6.29 Å². The predicted molar refractivity (Wildman–Crippen MR) is 49.5 cm³/mol. The van der Waals surface area contributed by atoms with Crippen molar-refractivity contribution in [2.75, 3.05) is 6.61 Å². The van der Waals surface area contributed by atoms with Crippen LogP contribution in [0.2, 0.25) is 0 Å². The van der Waals surface area contributed by atoms with Gasteiger partial charge in [-0.05, 0) is 18.8 Å². The van der Waals surface area contributed by atoms with Crippen LogP contribution in [0.25, 0.3) is 0 Å². The number of hydrogen-bond acceptors (Lipinski definition) is 4. The van der Waals surface area contributed by atoms with Gasteiger partial charge in [-0.2, -0.15) is 0 Å². The first-order chi connectivity index (χ1) is 6.65. The fourth-order valence-corrected chi connectivity index (χ4v) is 2.65. The summed E-state index contributed by atoms with van der Waals surface area (Å²) in [6.45, 7) is 0.0359. The van der Waals surface area contributed by atoms with Gasteiger partial charge >= 0.3 is 0 Å². The first-order valence-corrected chi connectivity index (χ1v) is 5.36. The molecule has 0 bridgehead atoms. The SMILES string of the molecule is OC1OC[C@@H](O)[C@]1(O)C1CCCCC1. The van der Waals surface area contributed by atoms with E-state index in [0.29, 0.717) is 0 Å². The van der Waals surface area contributed by atoms with E-state index < -0.39 is 18.0 Å². The summed E-state index contributed by atoms with van der Waals surface area (Å²) >= 11 is 0. The molecule has 2 aliphatic rings. The van der Waals surface area contributed by atoms with E-state index in [1.54, 1.807) is 0 Å². The van der Waals surface area contributed by atoms with E-state index in [0.717, 1.165) is 25.7 Å². The molecular formula is C10H18O4. The Morgan fingerprint density at radius 1 is 1.07 bits per heavy atom. The summed E-state index contributed by atoms with van der Waals surface area (Å²) in [7, 11) is 0. The van der Waals surface area contributed by atoms with E-state index in [1.807, 2.05) is 0 Å². The topological polar surface area (TPSA) is 69.9 Å². The van der Waals surface area contributed by atoms with Crippen molar-refractivity contribution in [2.24, 2.45) is 5.92 Å². The average molecular weight is 202 g/mol. The van der Waals surface area contributed by atoms with Crippen LogP contribution in [0.4, 0.5) is 0 Å². The molecule has 0 aromatic rings. The van der Waals surface area contributed by atoms with Crippen molar-refractivity contribution in [3.8, 4) is 0 Å². The van der Waals surface area contributed by atoms with Gasteiger partial charge in [0.2, 0.25) is 0 Å². The minimum atomic E-state index is -1.43. The van der Waals surface area contributed by atoms with Crippen LogP contribution in [0.3, 0.4) is 0 Å². The molecule has 2 rings (SSSR count). The third-order valence-electron chi connectivity index (χ3n) is 3.60. The van der Waals surface area contributed by atoms with Crippen molar-refractivity contribution in [2.45, 2.75) is 50.1 Å². The second-order valence-electron chi connectivity index (χ2n) is 4.42. The van der Waals surface area contributed by atoms with Gasteiger partial charge < -0.3 is 20.1 Å². The average Bonchev–Trinajstić information content (AvgIpc) is 2.49. The molecule has 4 nitrogen and oxygen atoms in total. The van der Waals surface area contributed by atoms with Gasteiger partial charge in [0.05, 0.1) is 6.61 Å². The lowest BCUT2D eigenvalue weighted by atomic mass is 9.74. The summed E-state index contributed by atoms with van der Waals surface area (Å²) in [6, 6.07) is 0. The molecule has 2 fully saturated rings. The second-order valence-corrected chi connectivity index (χ2v) is 4.42. The quantitative estimate of drug-likeness (QED) is 0.560. The van der Waals surface area contributed by atoms with Gasteiger partial charge in [0.1, 0.15) is 11.7 Å². The lowest BCUT2D eigenvalue weighted by Crippen LogP contribution is -2.53. The molecule has 14 heavy (non-hydrogen) atoms. The van der Waals surface area contributed by atoms with Crippen LogP contribution in [0.15, 0.2) is 0 Å². The molecule has 1 aliphatic heterocycles. The van der Waals surface area contributed by atoms with Crippen LogP contribution < -0.4 is 0 Å². The third-order valence-corrected chi connectivity index (χ3v) is 3.60. The molecule has 0 amide bonds. The summed E-state index contributed by atoms with van der Waals surface area (Å²) in [5.74, 6) is -0.0243. The molecule has 0 aromatic carbocycles. The molecule has 0 radical (unpaired) electrons. The minimum absolute atomic E-state index is 0.0243. The van der Waals surface area contributed by atoms with E-state index in [1.165, 1.54) is 6.42 Å². The molecule has 1 aliphatic carbocycles. The van der Waals surface area contributed by atoms with Gasteiger partial charge in [-0.15, -0.1) is 0 Å². The van der Waals surface area contributed by atoms with Gasteiger partial charge in [0.25, 0.3) is 0 Å². The Kier molecular flexibility index (Phi) is 2.79. The third kappa shape index (κ3) is 1.46. The first-order valence-electron chi connectivity index (χ1n) is 5.36. The Hall–Kier alpha value is -0.160. The predicted octanol–water partition coefficient (Wildman–Crippen LogP) is 0.00730. The highest BCUT2D eigenvalue weighted by molar-refractivity contribution is 4.99. The van der Waals surface area contributed by atoms with E-state index in [9.17, 15) is 15.3 Å². The van der Waals surface area contributed by atoms with Crippen molar-refractivity contribution in [3.63, 3.8) is 0 Å². The number of hydrogen-bond donors (Lipinski definition) is 3. The Morgan fingerprint density at radius 2 is 1.71 bits per heavy atom. The monoisotopic (exact) mass is 202 g/mol. The molecule has 4 heteroatoms. The summed E-state index contributed by atoms with van der Waals surface area (Å²) in [4.78, 5) is 0. The number of rotatable bonds is 1. The first kappa shape index (κ1) is 10.4. The van der Waals surface area contributed by atoms with Crippen LogP contribution in [0.5, 0.6) is 0 Å². The molecule has 3 atom stereocenters. The number of aliphatic hydroxyl groups excluding tert-OH is 2. The fraction of sp³-hybridized carbons (Fsp3) is 1.00. The van der Waals surface area contributed by atoms with Crippen LogP contribution >= 0.6 is 0 Å². The lowest BCUT2D eigenvalue weighted by molar-refractivity contribution is -0.201. The highest BCUT2D eigenvalue weighted by Crippen LogP contribution is 2.40. The van der Waals surface area contributed by atoms with Gasteiger partial charge in [-0.25, -0.2) is 0 Å². The molecule has 1 saturated carbocycles. The lowest BCUT2D eigenvalue weighted by Gasteiger charge is -2.38. The Bertz CT molecular complexity index is 190. The Labute approximate surface area is 83.5 Å². The fourth-order valence-electron chi connectivity index (χ4n) is 2.65. The minimum Gasteiger partial charge on any atom is -0.387 e.